The fraction of sp³-hybridized carbons (Fsp3) is 0.324. The van der Waals surface area contributed by atoms with Gasteiger partial charge in [-0.3, -0.25) is 14.4 Å². The largest absolute Gasteiger partial charge is 0.461 e. The first-order valence-electron chi connectivity index (χ1n) is 14.3. The van der Waals surface area contributed by atoms with E-state index in [4.69, 9.17) is 9.47 Å². The van der Waals surface area contributed by atoms with E-state index in [1.807, 2.05) is 72.8 Å². The molecule has 216 valence electrons. The van der Waals surface area contributed by atoms with Crippen LogP contribution in [0, 0.1) is 11.8 Å². The van der Waals surface area contributed by atoms with E-state index in [0.29, 0.717) is 24.1 Å². The number of nitrogens with zero attached hydrogens (tertiary/aromatic N) is 2. The van der Waals surface area contributed by atoms with Gasteiger partial charge in [-0.1, -0.05) is 79.4 Å². The van der Waals surface area contributed by atoms with E-state index < -0.39 is 54.1 Å². The molecule has 0 aromatic heterocycles. The molecule has 3 aliphatic heterocycles. The molecule has 6 atom stereocenters. The quantitative estimate of drug-likeness (QED) is 0.292. The van der Waals surface area contributed by atoms with Crippen molar-refractivity contribution in [2.45, 2.75) is 36.6 Å². The van der Waals surface area contributed by atoms with Gasteiger partial charge in [-0.15, -0.1) is 6.58 Å². The molecular weight excluding hydrogens is 532 g/mol. The SMILES string of the molecule is C=CCOC(=O)[C@@H]1[C@@H]2CCC3(O2)C(C(=O)N(CC=C)c2ccc4ccccc4c2)N([C@H](CO)c2ccccc2)C(=O)[C@H]13. The first kappa shape index (κ1) is 27.9. The Hall–Kier alpha value is -4.27. The number of aliphatic hydroxyl groups excluding tert-OH is 1. The predicted octanol–water partition coefficient (Wildman–Crippen LogP) is 4.20. The van der Waals surface area contributed by atoms with E-state index in [1.165, 1.54) is 11.0 Å². The Kier molecular flexibility index (Phi) is 7.43. The number of amides is 2. The van der Waals surface area contributed by atoms with Crippen LogP contribution in [0.3, 0.4) is 0 Å². The molecule has 3 saturated heterocycles. The average Bonchev–Trinajstić information content (AvgIpc) is 3.67. The third-order valence-corrected chi connectivity index (χ3v) is 8.90. The lowest BCUT2D eigenvalue weighted by atomic mass is 9.70. The Bertz CT molecular complexity index is 1540. The Morgan fingerprint density at radius 3 is 2.52 bits per heavy atom. The highest BCUT2D eigenvalue weighted by atomic mass is 16.6. The fourth-order valence-corrected chi connectivity index (χ4v) is 7.18. The van der Waals surface area contributed by atoms with Crippen LogP contribution in [-0.2, 0) is 23.9 Å². The minimum atomic E-state index is -1.24. The summed E-state index contributed by atoms with van der Waals surface area (Å²) in [6.45, 7) is 7.31. The van der Waals surface area contributed by atoms with Crippen LogP contribution >= 0.6 is 0 Å². The molecule has 3 aromatic carbocycles. The number of likely N-dealkylation sites (tertiary alicyclic amines) is 1. The molecule has 8 heteroatoms. The zero-order valence-corrected chi connectivity index (χ0v) is 23.3. The van der Waals surface area contributed by atoms with Crippen molar-refractivity contribution in [1.82, 2.24) is 4.90 Å². The zero-order valence-electron chi connectivity index (χ0n) is 23.3. The van der Waals surface area contributed by atoms with Crippen molar-refractivity contribution in [1.29, 1.82) is 0 Å². The fourth-order valence-electron chi connectivity index (χ4n) is 7.18. The summed E-state index contributed by atoms with van der Waals surface area (Å²) in [7, 11) is 0. The molecule has 1 spiro atoms. The molecule has 6 rings (SSSR count). The molecule has 0 saturated carbocycles. The predicted molar refractivity (Wildman–Crippen MR) is 158 cm³/mol. The topological polar surface area (TPSA) is 96.4 Å². The molecule has 0 aliphatic carbocycles. The molecule has 42 heavy (non-hydrogen) atoms. The van der Waals surface area contributed by atoms with Gasteiger partial charge in [0, 0.05) is 12.2 Å². The van der Waals surface area contributed by atoms with Gasteiger partial charge in [-0.25, -0.2) is 0 Å². The molecule has 1 N–H and O–H groups in total. The highest BCUT2D eigenvalue weighted by Gasteiger charge is 2.75. The highest BCUT2D eigenvalue weighted by molar-refractivity contribution is 6.05. The monoisotopic (exact) mass is 566 g/mol. The van der Waals surface area contributed by atoms with Gasteiger partial charge in [0.15, 0.2) is 0 Å². The maximum Gasteiger partial charge on any atom is 0.312 e. The Morgan fingerprint density at radius 2 is 1.81 bits per heavy atom. The lowest BCUT2D eigenvalue weighted by molar-refractivity contribution is -0.154. The number of aliphatic hydroxyl groups is 1. The van der Waals surface area contributed by atoms with Crippen LogP contribution in [0.1, 0.15) is 24.4 Å². The number of esters is 1. The summed E-state index contributed by atoms with van der Waals surface area (Å²) >= 11 is 0. The second-order valence-corrected chi connectivity index (χ2v) is 11.1. The van der Waals surface area contributed by atoms with Crippen LogP contribution in [0.4, 0.5) is 5.69 Å². The number of benzene rings is 3. The Labute approximate surface area is 244 Å². The van der Waals surface area contributed by atoms with E-state index >= 15 is 0 Å². The minimum absolute atomic E-state index is 0.0143. The van der Waals surface area contributed by atoms with Crippen LogP contribution in [0.5, 0.6) is 0 Å². The third kappa shape index (κ3) is 4.33. The van der Waals surface area contributed by atoms with E-state index in [9.17, 15) is 19.5 Å². The van der Waals surface area contributed by atoms with Gasteiger partial charge < -0.3 is 24.4 Å². The van der Waals surface area contributed by atoms with Crippen molar-refractivity contribution >= 4 is 34.2 Å². The summed E-state index contributed by atoms with van der Waals surface area (Å²) in [6, 6.07) is 20.9. The minimum Gasteiger partial charge on any atom is -0.461 e. The number of hydrogen-bond donors (Lipinski definition) is 1. The maximum absolute atomic E-state index is 14.8. The second-order valence-electron chi connectivity index (χ2n) is 11.1. The number of rotatable bonds is 10. The highest BCUT2D eigenvalue weighted by Crippen LogP contribution is 2.60. The number of carbonyl (C=O) groups excluding carboxylic acids is 3. The summed E-state index contributed by atoms with van der Waals surface area (Å²) in [5.41, 5.74) is 0.0965. The van der Waals surface area contributed by atoms with Crippen LogP contribution in [0.25, 0.3) is 10.8 Å². The number of hydrogen-bond acceptors (Lipinski definition) is 6. The van der Waals surface area contributed by atoms with E-state index in [-0.39, 0.29) is 19.1 Å². The molecule has 3 heterocycles. The molecule has 3 aromatic rings. The molecule has 2 unspecified atom stereocenters. The van der Waals surface area contributed by atoms with Crippen LogP contribution < -0.4 is 4.90 Å². The maximum atomic E-state index is 14.8. The Morgan fingerprint density at radius 1 is 1.07 bits per heavy atom. The molecule has 2 bridgehead atoms. The van der Waals surface area contributed by atoms with Crippen LogP contribution in [0.15, 0.2) is 98.1 Å². The van der Waals surface area contributed by atoms with Crippen molar-refractivity contribution in [2.75, 3.05) is 24.7 Å². The summed E-state index contributed by atoms with van der Waals surface area (Å²) in [5.74, 6) is -3.05. The van der Waals surface area contributed by atoms with Crippen molar-refractivity contribution < 1.29 is 29.0 Å². The summed E-state index contributed by atoms with van der Waals surface area (Å²) in [4.78, 5) is 45.7. The van der Waals surface area contributed by atoms with Crippen LogP contribution in [-0.4, -0.2) is 65.3 Å². The van der Waals surface area contributed by atoms with Gasteiger partial charge in [0.2, 0.25) is 5.91 Å². The summed E-state index contributed by atoms with van der Waals surface area (Å²) in [6.07, 6.45) is 3.53. The van der Waals surface area contributed by atoms with Gasteiger partial charge >= 0.3 is 5.97 Å². The first-order chi connectivity index (χ1) is 20.4. The van der Waals surface area contributed by atoms with Gasteiger partial charge in [0.25, 0.3) is 5.91 Å². The summed E-state index contributed by atoms with van der Waals surface area (Å²) in [5, 5.41) is 12.7. The van der Waals surface area contributed by atoms with Gasteiger partial charge in [-0.05, 0) is 41.3 Å². The van der Waals surface area contributed by atoms with E-state index in [0.717, 1.165) is 10.8 Å². The van der Waals surface area contributed by atoms with Crippen LogP contribution in [0.2, 0.25) is 0 Å². The molecule has 8 nitrogen and oxygen atoms in total. The first-order valence-corrected chi connectivity index (χ1v) is 14.3. The molecule has 0 radical (unpaired) electrons. The summed E-state index contributed by atoms with van der Waals surface area (Å²) < 4.78 is 12.0. The average molecular weight is 567 g/mol. The number of fused-ring (bicyclic) bond motifs is 2. The van der Waals surface area contributed by atoms with E-state index in [1.54, 1.807) is 11.0 Å². The number of ether oxygens (including phenoxy) is 2. The van der Waals surface area contributed by atoms with Crippen molar-refractivity contribution in [2.24, 2.45) is 11.8 Å². The smallest absolute Gasteiger partial charge is 0.312 e. The third-order valence-electron chi connectivity index (χ3n) is 8.90. The molecule has 3 aliphatic rings. The van der Waals surface area contributed by atoms with Gasteiger partial charge in [0.05, 0.1) is 30.6 Å². The molecule has 3 fully saturated rings. The lowest BCUT2D eigenvalue weighted by Crippen LogP contribution is -2.57. The standard InChI is InChI=1S/C34H34N2O6/c1-3-18-35(25-15-14-22-10-8-9-13-24(22)20-25)32(39)30-34-17-16-27(42-34)28(33(40)41-19-4-2)29(34)31(38)36(30)26(21-37)23-11-6-5-7-12-23/h3-15,20,26-30,37H,1-2,16-19,21H2/t26-,27+,28-,29+,30?,34?/m1/s1. The van der Waals surface area contributed by atoms with Crippen molar-refractivity contribution in [3.05, 3.63) is 104 Å². The van der Waals surface area contributed by atoms with Gasteiger partial charge in [-0.2, -0.15) is 0 Å². The zero-order chi connectivity index (χ0) is 29.4. The van der Waals surface area contributed by atoms with Gasteiger partial charge in [0.1, 0.15) is 18.2 Å². The number of carbonyl (C=O) groups is 3. The second kappa shape index (κ2) is 11.2. The Balaban J connectivity index is 1.47. The molecular formula is C34H34N2O6. The normalized spacial score (nSPS) is 26.6. The molecule has 2 amide bonds. The van der Waals surface area contributed by atoms with Crippen molar-refractivity contribution in [3.63, 3.8) is 0 Å². The lowest BCUT2D eigenvalue weighted by Gasteiger charge is -2.39. The van der Waals surface area contributed by atoms with Crippen molar-refractivity contribution in [3.8, 4) is 0 Å². The number of anilines is 1. The van der Waals surface area contributed by atoms with E-state index in [2.05, 4.69) is 13.2 Å².